The van der Waals surface area contributed by atoms with E-state index < -0.39 is 0 Å². The van der Waals surface area contributed by atoms with Crippen molar-refractivity contribution < 1.29 is 18.9 Å². The van der Waals surface area contributed by atoms with Crippen molar-refractivity contribution in [2.45, 2.75) is 6.92 Å². The normalized spacial score (nSPS) is 10.8. The molecule has 0 spiro atoms. The molecule has 0 aliphatic carbocycles. The van der Waals surface area contributed by atoms with Gasteiger partial charge in [0, 0.05) is 46.3 Å². The van der Waals surface area contributed by atoms with Gasteiger partial charge in [-0.1, -0.05) is 121 Å². The van der Waals surface area contributed by atoms with Gasteiger partial charge in [0.25, 0.3) is 0 Å². The quantitative estimate of drug-likeness (QED) is 0.102. The lowest BCUT2D eigenvalue weighted by Gasteiger charge is -2.26. The molecule has 63 heavy (non-hydrogen) atoms. The van der Waals surface area contributed by atoms with Crippen LogP contribution >= 0.6 is 0 Å². The van der Waals surface area contributed by atoms with Crippen LogP contribution < -0.4 is 28.7 Å². The van der Waals surface area contributed by atoms with Gasteiger partial charge in [-0.25, -0.2) is 0 Å². The number of hydrogen-bond donors (Lipinski definition) is 0. The molecule has 0 aromatic heterocycles. The van der Waals surface area contributed by atoms with Crippen LogP contribution in [0.4, 0.5) is 34.1 Å². The molecule has 0 radical (unpaired) electrons. The fraction of sp³-hybridized carbons (Fsp3) is 0.0877. The summed E-state index contributed by atoms with van der Waals surface area (Å²) in [4.78, 5) is 4.41. The molecule has 8 aromatic rings. The maximum atomic E-state index is 5.45. The van der Waals surface area contributed by atoms with Crippen molar-refractivity contribution in [2.75, 3.05) is 38.2 Å². The molecule has 314 valence electrons. The maximum absolute atomic E-state index is 5.45. The molecule has 0 fully saturated rings. The molecule has 0 unspecified atom stereocenters. The third-order valence-electron chi connectivity index (χ3n) is 10.4. The average molecular weight is 829 g/mol. The zero-order valence-corrected chi connectivity index (χ0v) is 36.4. The smallest absolute Gasteiger partial charge is 0.120 e. The number of nitrogens with zero attached hydrogens (tertiary/aromatic N) is 2. The Balaban J connectivity index is 0.000000189. The minimum Gasteiger partial charge on any atom is -0.497 e. The van der Waals surface area contributed by atoms with Crippen molar-refractivity contribution in [2.24, 2.45) is 0 Å². The van der Waals surface area contributed by atoms with Gasteiger partial charge in [-0.05, 0) is 126 Å². The summed E-state index contributed by atoms with van der Waals surface area (Å²) in [6.45, 7) is 2.11. The number of anilines is 6. The molecule has 8 aromatic carbocycles. The van der Waals surface area contributed by atoms with Crippen molar-refractivity contribution in [1.82, 2.24) is 0 Å². The number of benzene rings is 8. The minimum atomic E-state index is 0.813. The van der Waals surface area contributed by atoms with Crippen LogP contribution in [0, 0.1) is 6.92 Å². The van der Waals surface area contributed by atoms with Crippen LogP contribution in [0.5, 0.6) is 23.0 Å². The largest absolute Gasteiger partial charge is 0.497 e. The first kappa shape index (κ1) is 43.1. The van der Waals surface area contributed by atoms with Gasteiger partial charge in [0.2, 0.25) is 0 Å². The summed E-state index contributed by atoms with van der Waals surface area (Å²) < 4.78 is 21.6. The SMILES string of the molecule is COc1ccc(N(c2ccc(/C=C/c3cccc(C)c3)cc2)c2ccc(OC)cc2)cc1.COc1cccc(N(c2ccc(/C=C/c3ccccc3)cc2)c2cccc(OC)c2)c1. The highest BCUT2D eigenvalue weighted by Crippen LogP contribution is 2.38. The molecule has 0 bridgehead atoms. The van der Waals surface area contributed by atoms with E-state index in [4.69, 9.17) is 18.9 Å². The molecule has 0 amide bonds. The van der Waals surface area contributed by atoms with Gasteiger partial charge in [-0.2, -0.15) is 0 Å². The first-order valence-corrected chi connectivity index (χ1v) is 20.8. The summed E-state index contributed by atoms with van der Waals surface area (Å²) in [5.74, 6) is 3.29. The standard InChI is InChI=1S/C29H27NO2.C28H25NO2/c1-22-5-4-6-24(21-22)8-7-23-9-11-25(12-10-23)30(26-13-17-28(31-2)18-14-26)27-15-19-29(32-3)20-16-27;1-30-27-12-6-10-25(20-27)29(26-11-7-13-28(21-26)31-2)24-18-16-23(17-19-24)15-14-22-8-4-3-5-9-22/h4-21H,1-3H3;3-21H,1-2H3/b8-7+;15-14+. The van der Waals surface area contributed by atoms with Gasteiger partial charge in [0.05, 0.1) is 28.4 Å². The fourth-order valence-corrected chi connectivity index (χ4v) is 7.05. The number of ether oxygens (including phenoxy) is 4. The fourth-order valence-electron chi connectivity index (χ4n) is 7.05. The topological polar surface area (TPSA) is 43.4 Å². The zero-order valence-electron chi connectivity index (χ0n) is 36.4. The molecule has 0 N–H and O–H groups in total. The van der Waals surface area contributed by atoms with E-state index in [0.29, 0.717) is 0 Å². The van der Waals surface area contributed by atoms with Gasteiger partial charge < -0.3 is 28.7 Å². The monoisotopic (exact) mass is 828 g/mol. The van der Waals surface area contributed by atoms with Crippen molar-refractivity contribution in [3.8, 4) is 23.0 Å². The highest BCUT2D eigenvalue weighted by atomic mass is 16.5. The Bertz CT molecular complexity index is 2620. The Morgan fingerprint density at radius 1 is 0.286 bits per heavy atom. The third kappa shape index (κ3) is 11.7. The summed E-state index contributed by atoms with van der Waals surface area (Å²) >= 11 is 0. The number of aryl methyl sites for hydroxylation is 1. The first-order valence-electron chi connectivity index (χ1n) is 20.8. The highest BCUT2D eigenvalue weighted by Gasteiger charge is 2.15. The molecular formula is C57H52N2O4. The summed E-state index contributed by atoms with van der Waals surface area (Å²) in [6.07, 6.45) is 8.54. The number of rotatable bonds is 14. The highest BCUT2D eigenvalue weighted by molar-refractivity contribution is 5.80. The van der Waals surface area contributed by atoms with Gasteiger partial charge >= 0.3 is 0 Å². The minimum absolute atomic E-state index is 0.813. The van der Waals surface area contributed by atoms with E-state index in [-0.39, 0.29) is 0 Å². The Morgan fingerprint density at radius 2 is 0.635 bits per heavy atom. The van der Waals surface area contributed by atoms with E-state index in [0.717, 1.165) is 68.2 Å². The molecule has 0 aliphatic heterocycles. The van der Waals surface area contributed by atoms with Gasteiger partial charge in [0.1, 0.15) is 23.0 Å². The van der Waals surface area contributed by atoms with Gasteiger partial charge in [-0.3, -0.25) is 0 Å². The van der Waals surface area contributed by atoms with Gasteiger partial charge in [-0.15, -0.1) is 0 Å². The van der Waals surface area contributed by atoms with E-state index in [1.165, 1.54) is 16.7 Å². The summed E-state index contributed by atoms with van der Waals surface area (Å²) in [7, 11) is 6.73. The predicted molar refractivity (Wildman–Crippen MR) is 264 cm³/mol. The van der Waals surface area contributed by atoms with E-state index in [9.17, 15) is 0 Å². The third-order valence-corrected chi connectivity index (χ3v) is 10.4. The maximum Gasteiger partial charge on any atom is 0.120 e. The van der Waals surface area contributed by atoms with Crippen molar-refractivity contribution in [3.05, 3.63) is 228 Å². The summed E-state index contributed by atoms with van der Waals surface area (Å²) in [5.41, 5.74) is 12.2. The lowest BCUT2D eigenvalue weighted by molar-refractivity contribution is 0.414. The molecule has 6 heteroatoms. The first-order chi connectivity index (χ1) is 30.9. The second kappa shape index (κ2) is 21.5. The molecule has 6 nitrogen and oxygen atoms in total. The van der Waals surface area contributed by atoms with Crippen LogP contribution in [-0.4, -0.2) is 28.4 Å². The second-order valence-corrected chi connectivity index (χ2v) is 14.6. The number of methoxy groups -OCH3 is 4. The van der Waals surface area contributed by atoms with E-state index in [1.807, 2.05) is 78.9 Å². The van der Waals surface area contributed by atoms with E-state index >= 15 is 0 Å². The van der Waals surface area contributed by atoms with Gasteiger partial charge in [0.15, 0.2) is 0 Å². The molecule has 0 atom stereocenters. The summed E-state index contributed by atoms with van der Waals surface area (Å²) in [5, 5.41) is 0. The molecule has 0 saturated carbocycles. The van der Waals surface area contributed by atoms with Crippen LogP contribution in [0.1, 0.15) is 27.8 Å². The molecule has 0 aliphatic rings. The van der Waals surface area contributed by atoms with E-state index in [1.54, 1.807) is 28.4 Å². The Kier molecular flexibility index (Phi) is 14.7. The Hall–Kier alpha value is -7.96. The predicted octanol–water partition coefficient (Wildman–Crippen LogP) is 15.0. The molecule has 8 rings (SSSR count). The van der Waals surface area contributed by atoms with Crippen LogP contribution in [0.3, 0.4) is 0 Å². The molecular weight excluding hydrogens is 777 g/mol. The Labute approximate surface area is 372 Å². The number of hydrogen-bond acceptors (Lipinski definition) is 6. The molecule has 0 saturated heterocycles. The summed E-state index contributed by atoms with van der Waals surface area (Å²) in [6, 6.07) is 68.1. The zero-order chi connectivity index (χ0) is 43.8. The second-order valence-electron chi connectivity index (χ2n) is 14.6. The lowest BCUT2D eigenvalue weighted by Crippen LogP contribution is -2.10. The van der Waals surface area contributed by atoms with Crippen LogP contribution in [0.2, 0.25) is 0 Å². The van der Waals surface area contributed by atoms with Crippen LogP contribution in [0.15, 0.2) is 200 Å². The van der Waals surface area contributed by atoms with Crippen molar-refractivity contribution >= 4 is 58.4 Å². The van der Waals surface area contributed by atoms with Crippen LogP contribution in [0.25, 0.3) is 24.3 Å². The lowest BCUT2D eigenvalue weighted by atomic mass is 10.1. The van der Waals surface area contributed by atoms with Crippen LogP contribution in [-0.2, 0) is 0 Å². The van der Waals surface area contributed by atoms with E-state index in [2.05, 4.69) is 162 Å². The molecule has 0 heterocycles. The average Bonchev–Trinajstić information content (AvgIpc) is 3.35. The van der Waals surface area contributed by atoms with Crippen molar-refractivity contribution in [1.29, 1.82) is 0 Å². The van der Waals surface area contributed by atoms with Crippen molar-refractivity contribution in [3.63, 3.8) is 0 Å². The Morgan fingerprint density at radius 3 is 1.05 bits per heavy atom.